The summed E-state index contributed by atoms with van der Waals surface area (Å²) in [7, 11) is 0. The number of nitrogens with one attached hydrogen (secondary N) is 1. The Hall–Kier alpha value is -2.79. The molecule has 1 N–H and O–H groups in total. The Kier molecular flexibility index (Phi) is 4.15. The molecule has 2 aromatic rings. The van der Waals surface area contributed by atoms with Gasteiger partial charge in [-0.15, -0.1) is 0 Å². The molecule has 3 heterocycles. The number of hydrogen-bond donors (Lipinski definition) is 1. The molecular formula is C17H18N6O2. The third-order valence-electron chi connectivity index (χ3n) is 4.53. The van der Waals surface area contributed by atoms with Gasteiger partial charge in [-0.2, -0.15) is 10.2 Å². The highest BCUT2D eigenvalue weighted by Crippen LogP contribution is 2.32. The smallest absolute Gasteiger partial charge is 0.292 e. The Morgan fingerprint density at radius 2 is 2.28 bits per heavy atom. The normalized spacial score (nSPS) is 20.4. The fourth-order valence-corrected chi connectivity index (χ4v) is 3.03. The predicted octanol–water partition coefficient (Wildman–Crippen LogP) is 1.57. The quantitative estimate of drug-likeness (QED) is 0.881. The van der Waals surface area contributed by atoms with Crippen LogP contribution in [-0.2, 0) is 6.54 Å². The Labute approximate surface area is 144 Å². The molecule has 0 spiro atoms. The minimum Gasteiger partial charge on any atom is -0.346 e. The van der Waals surface area contributed by atoms with Gasteiger partial charge in [0.1, 0.15) is 6.07 Å². The first kappa shape index (κ1) is 15.7. The van der Waals surface area contributed by atoms with E-state index in [0.29, 0.717) is 18.0 Å². The molecule has 2 aliphatic rings. The topological polar surface area (TPSA) is 108 Å². The Morgan fingerprint density at radius 3 is 3.00 bits per heavy atom. The molecule has 4 rings (SSSR count). The van der Waals surface area contributed by atoms with Gasteiger partial charge in [-0.25, -0.2) is 0 Å². The summed E-state index contributed by atoms with van der Waals surface area (Å²) in [6.07, 6.45) is 5.54. The molecule has 2 fully saturated rings. The number of nitrogens with zero attached hydrogens (tertiary/aromatic N) is 5. The average molecular weight is 338 g/mol. The summed E-state index contributed by atoms with van der Waals surface area (Å²) in [5, 5.41) is 15.5. The molecule has 1 atom stereocenters. The lowest BCUT2D eigenvalue weighted by Gasteiger charge is -2.20. The molecule has 1 saturated carbocycles. The monoisotopic (exact) mass is 338 g/mol. The summed E-state index contributed by atoms with van der Waals surface area (Å²) in [5.74, 6) is 0.313. The molecule has 0 aromatic carbocycles. The number of likely N-dealkylation sites (tertiary alicyclic amines) is 1. The van der Waals surface area contributed by atoms with Crippen molar-refractivity contribution in [2.45, 2.75) is 44.3 Å². The maximum absolute atomic E-state index is 12.0. The van der Waals surface area contributed by atoms with Crippen molar-refractivity contribution in [3.63, 3.8) is 0 Å². The van der Waals surface area contributed by atoms with Gasteiger partial charge < -0.3 is 9.84 Å². The minimum atomic E-state index is -0.268. The third kappa shape index (κ3) is 3.51. The molecule has 128 valence electrons. The SMILES string of the molecule is N#Cc1ccc(CN2CCCC2c2nc(C(=O)NC3CC3)no2)nc1. The van der Waals surface area contributed by atoms with Gasteiger partial charge in [-0.05, 0) is 44.4 Å². The van der Waals surface area contributed by atoms with E-state index in [1.165, 1.54) is 0 Å². The van der Waals surface area contributed by atoms with Crippen molar-refractivity contribution in [2.24, 2.45) is 0 Å². The van der Waals surface area contributed by atoms with Crippen LogP contribution in [-0.4, -0.2) is 38.5 Å². The van der Waals surface area contributed by atoms with E-state index in [0.717, 1.165) is 37.9 Å². The lowest BCUT2D eigenvalue weighted by Crippen LogP contribution is -2.27. The summed E-state index contributed by atoms with van der Waals surface area (Å²) in [6.45, 7) is 1.54. The van der Waals surface area contributed by atoms with Crippen molar-refractivity contribution in [2.75, 3.05) is 6.54 Å². The van der Waals surface area contributed by atoms with Gasteiger partial charge in [-0.1, -0.05) is 5.16 Å². The van der Waals surface area contributed by atoms with Gasteiger partial charge in [-0.3, -0.25) is 14.7 Å². The molecule has 1 amide bonds. The highest BCUT2D eigenvalue weighted by molar-refractivity contribution is 5.90. The Morgan fingerprint density at radius 1 is 1.40 bits per heavy atom. The van der Waals surface area contributed by atoms with Gasteiger partial charge in [0.25, 0.3) is 11.7 Å². The third-order valence-corrected chi connectivity index (χ3v) is 4.53. The number of rotatable bonds is 5. The second-order valence-corrected chi connectivity index (χ2v) is 6.48. The van der Waals surface area contributed by atoms with E-state index in [9.17, 15) is 4.79 Å². The van der Waals surface area contributed by atoms with Crippen LogP contribution in [0.2, 0.25) is 0 Å². The number of amides is 1. The molecule has 8 nitrogen and oxygen atoms in total. The molecule has 0 bridgehead atoms. The fourth-order valence-electron chi connectivity index (χ4n) is 3.03. The molecule has 8 heteroatoms. The van der Waals surface area contributed by atoms with E-state index in [1.807, 2.05) is 6.07 Å². The van der Waals surface area contributed by atoms with Crippen molar-refractivity contribution in [3.05, 3.63) is 41.3 Å². The fraction of sp³-hybridized carbons (Fsp3) is 0.471. The van der Waals surface area contributed by atoms with Crippen LogP contribution in [0.25, 0.3) is 0 Å². The highest BCUT2D eigenvalue weighted by Gasteiger charge is 2.32. The lowest BCUT2D eigenvalue weighted by molar-refractivity contribution is 0.0937. The second-order valence-electron chi connectivity index (χ2n) is 6.48. The Bertz CT molecular complexity index is 805. The molecule has 1 unspecified atom stereocenters. The number of aromatic nitrogens is 3. The van der Waals surface area contributed by atoms with Crippen molar-refractivity contribution in [3.8, 4) is 6.07 Å². The van der Waals surface area contributed by atoms with Crippen LogP contribution >= 0.6 is 0 Å². The summed E-state index contributed by atoms with van der Waals surface area (Å²) in [5.41, 5.74) is 1.43. The van der Waals surface area contributed by atoms with Crippen LogP contribution in [0.1, 0.15) is 59.5 Å². The van der Waals surface area contributed by atoms with Crippen LogP contribution in [0.5, 0.6) is 0 Å². The zero-order valence-corrected chi connectivity index (χ0v) is 13.7. The van der Waals surface area contributed by atoms with Gasteiger partial charge in [0.05, 0.1) is 17.3 Å². The number of pyridine rings is 1. The largest absolute Gasteiger partial charge is 0.346 e. The predicted molar refractivity (Wildman–Crippen MR) is 86.1 cm³/mol. The van der Waals surface area contributed by atoms with Gasteiger partial charge >= 0.3 is 0 Å². The van der Waals surface area contributed by atoms with Gasteiger partial charge in [0, 0.05) is 18.8 Å². The lowest BCUT2D eigenvalue weighted by atomic mass is 10.2. The summed E-state index contributed by atoms with van der Waals surface area (Å²) in [6, 6.07) is 5.94. The number of nitriles is 1. The van der Waals surface area contributed by atoms with Crippen LogP contribution in [0.4, 0.5) is 0 Å². The molecule has 2 aromatic heterocycles. The van der Waals surface area contributed by atoms with E-state index in [2.05, 4.69) is 31.4 Å². The van der Waals surface area contributed by atoms with E-state index in [1.54, 1.807) is 12.3 Å². The number of carbonyl (C=O) groups is 1. The molecule has 1 aliphatic carbocycles. The van der Waals surface area contributed by atoms with E-state index >= 15 is 0 Å². The van der Waals surface area contributed by atoms with Crippen molar-refractivity contribution >= 4 is 5.91 Å². The second kappa shape index (κ2) is 6.61. The summed E-state index contributed by atoms with van der Waals surface area (Å²) in [4.78, 5) is 22.8. The van der Waals surface area contributed by atoms with Crippen molar-refractivity contribution < 1.29 is 9.32 Å². The Balaban J connectivity index is 1.44. The van der Waals surface area contributed by atoms with Crippen LogP contribution in [0.3, 0.4) is 0 Å². The van der Waals surface area contributed by atoms with Crippen molar-refractivity contribution in [1.82, 2.24) is 25.3 Å². The van der Waals surface area contributed by atoms with Gasteiger partial charge in [0.2, 0.25) is 5.89 Å². The molecule has 25 heavy (non-hydrogen) atoms. The number of hydrogen-bond acceptors (Lipinski definition) is 7. The van der Waals surface area contributed by atoms with Crippen LogP contribution in [0, 0.1) is 11.3 Å². The van der Waals surface area contributed by atoms with E-state index < -0.39 is 0 Å². The zero-order valence-electron chi connectivity index (χ0n) is 13.7. The summed E-state index contributed by atoms with van der Waals surface area (Å²) < 4.78 is 5.35. The van der Waals surface area contributed by atoms with Crippen LogP contribution in [0.15, 0.2) is 22.9 Å². The summed E-state index contributed by atoms with van der Waals surface area (Å²) >= 11 is 0. The first-order chi connectivity index (χ1) is 12.2. The molecule has 0 radical (unpaired) electrons. The first-order valence-corrected chi connectivity index (χ1v) is 8.46. The number of carbonyl (C=O) groups excluding carboxylic acids is 1. The van der Waals surface area contributed by atoms with E-state index in [-0.39, 0.29) is 23.8 Å². The first-order valence-electron chi connectivity index (χ1n) is 8.46. The van der Waals surface area contributed by atoms with E-state index in [4.69, 9.17) is 9.78 Å². The highest BCUT2D eigenvalue weighted by atomic mass is 16.5. The molecular weight excluding hydrogens is 320 g/mol. The zero-order chi connectivity index (χ0) is 17.2. The van der Waals surface area contributed by atoms with Gasteiger partial charge in [0.15, 0.2) is 0 Å². The van der Waals surface area contributed by atoms with Crippen LogP contribution < -0.4 is 5.32 Å². The maximum Gasteiger partial charge on any atom is 0.292 e. The minimum absolute atomic E-state index is 0.00702. The molecule has 1 aliphatic heterocycles. The molecule has 1 saturated heterocycles. The standard InChI is InChI=1S/C17H18N6O2/c18-8-11-3-4-13(19-9-11)10-23-7-1-2-14(23)17-21-15(22-25-17)16(24)20-12-5-6-12/h3-4,9,12,14H,1-2,5-7,10H2,(H,20,24). The van der Waals surface area contributed by atoms with Crippen molar-refractivity contribution in [1.29, 1.82) is 5.26 Å². The maximum atomic E-state index is 12.0. The average Bonchev–Trinajstić information content (AvgIpc) is 3.12.